The van der Waals surface area contributed by atoms with Crippen molar-refractivity contribution >= 4 is 35.1 Å². The van der Waals surface area contributed by atoms with Gasteiger partial charge in [-0.15, -0.1) is 0 Å². The molecule has 1 saturated heterocycles. The van der Waals surface area contributed by atoms with E-state index in [1.54, 1.807) is 50.0 Å². The van der Waals surface area contributed by atoms with Gasteiger partial charge in [0.05, 0.1) is 36.0 Å². The molecule has 1 N–H and O–H groups in total. The Labute approximate surface area is 225 Å². The van der Waals surface area contributed by atoms with Crippen LogP contribution >= 0.6 is 11.6 Å². The molecule has 0 unspecified atom stereocenters. The van der Waals surface area contributed by atoms with Crippen molar-refractivity contribution in [3.63, 3.8) is 0 Å². The molecule has 10 nitrogen and oxygen atoms in total. The maximum atomic E-state index is 13.8. The van der Waals surface area contributed by atoms with Crippen LogP contribution in [-0.4, -0.2) is 82.9 Å². The third-order valence-corrected chi connectivity index (χ3v) is 7.13. The molecule has 3 heterocycles. The quantitative estimate of drug-likeness (QED) is 0.552. The monoisotopic (exact) mass is 536 g/mol. The van der Waals surface area contributed by atoms with Crippen LogP contribution in [0.25, 0.3) is 5.69 Å². The largest absolute Gasteiger partial charge is 0.378 e. The van der Waals surface area contributed by atoms with Gasteiger partial charge in [-0.1, -0.05) is 29.8 Å². The maximum Gasteiger partial charge on any atom is 0.318 e. The summed E-state index contributed by atoms with van der Waals surface area (Å²) < 4.78 is 6.96. The minimum atomic E-state index is -0.357. The number of urea groups is 1. The van der Waals surface area contributed by atoms with Crippen LogP contribution in [0.2, 0.25) is 5.02 Å². The number of fused-ring (bicyclic) bond motifs is 1. The zero-order chi connectivity index (χ0) is 26.6. The van der Waals surface area contributed by atoms with Crippen LogP contribution in [0.5, 0.6) is 0 Å². The number of nitrogens with one attached hydrogen (secondary N) is 1. The number of ether oxygens (including phenoxy) is 1. The smallest absolute Gasteiger partial charge is 0.318 e. The van der Waals surface area contributed by atoms with Gasteiger partial charge in [0.25, 0.3) is 5.91 Å². The van der Waals surface area contributed by atoms with Gasteiger partial charge in [0.2, 0.25) is 5.91 Å². The van der Waals surface area contributed by atoms with E-state index in [-0.39, 0.29) is 37.0 Å². The van der Waals surface area contributed by atoms with Crippen LogP contribution < -0.4 is 10.2 Å². The zero-order valence-corrected chi connectivity index (χ0v) is 21.8. The Kier molecular flexibility index (Phi) is 7.62. The van der Waals surface area contributed by atoms with Crippen molar-refractivity contribution in [1.29, 1.82) is 0 Å². The van der Waals surface area contributed by atoms with Crippen molar-refractivity contribution in [2.75, 3.05) is 44.3 Å². The van der Waals surface area contributed by atoms with E-state index in [1.165, 1.54) is 0 Å². The summed E-state index contributed by atoms with van der Waals surface area (Å²) in [5.74, 6) is -0.402. The summed E-state index contributed by atoms with van der Waals surface area (Å²) in [5, 5.41) is 7.29. The van der Waals surface area contributed by atoms with Crippen molar-refractivity contribution in [3.8, 4) is 5.69 Å². The molecule has 0 spiro atoms. The molecule has 5 rings (SSSR count). The lowest BCUT2D eigenvalue weighted by Crippen LogP contribution is -2.51. The van der Waals surface area contributed by atoms with Crippen molar-refractivity contribution in [2.45, 2.75) is 19.5 Å². The topological polar surface area (TPSA) is 100 Å². The number of aromatic nitrogens is 2. The number of carbonyl (C=O) groups is 3. The predicted molar refractivity (Wildman–Crippen MR) is 142 cm³/mol. The fourth-order valence-electron chi connectivity index (χ4n) is 4.74. The first kappa shape index (κ1) is 25.7. The van der Waals surface area contributed by atoms with Gasteiger partial charge in [-0.05, 0) is 42.8 Å². The number of carbonyl (C=O) groups excluding carboxylic acids is 3. The highest BCUT2D eigenvalue weighted by molar-refractivity contribution is 6.34. The molecule has 2 aliphatic heterocycles. The van der Waals surface area contributed by atoms with Crippen molar-refractivity contribution in [2.24, 2.45) is 0 Å². The molecule has 0 bridgehead atoms. The highest BCUT2D eigenvalue weighted by Crippen LogP contribution is 2.30. The Morgan fingerprint density at radius 2 is 1.89 bits per heavy atom. The molecule has 3 aromatic rings. The fraction of sp³-hybridized carbons (Fsp3) is 0.333. The highest BCUT2D eigenvalue weighted by Gasteiger charge is 2.32. The van der Waals surface area contributed by atoms with Crippen LogP contribution in [0.15, 0.2) is 60.9 Å². The molecule has 4 amide bonds. The van der Waals surface area contributed by atoms with E-state index in [4.69, 9.17) is 16.3 Å². The number of amides is 4. The highest BCUT2D eigenvalue weighted by atomic mass is 35.5. The fourth-order valence-corrected chi connectivity index (χ4v) is 4.99. The molecule has 2 aromatic carbocycles. The Morgan fingerprint density at radius 3 is 2.63 bits per heavy atom. The van der Waals surface area contributed by atoms with Crippen LogP contribution in [0.1, 0.15) is 22.8 Å². The summed E-state index contributed by atoms with van der Waals surface area (Å²) in [6.07, 6.45) is 3.47. The van der Waals surface area contributed by atoms with E-state index in [0.717, 1.165) is 16.9 Å². The van der Waals surface area contributed by atoms with Gasteiger partial charge < -0.3 is 24.8 Å². The standard InChI is InChI=1S/C27H29ClN6O4/c1-19-17-33(26(36)22-8-7-21(15-23(22)28)34-10-4-9-30-34)24-6-3-2-5-20(24)18-32(19)27(37)29-16-25(35)31-11-13-38-14-12-31/h2-10,15,19H,11-14,16-18H2,1H3,(H,29,37)/t19-/m1/s1. The van der Waals surface area contributed by atoms with E-state index in [9.17, 15) is 14.4 Å². The van der Waals surface area contributed by atoms with Gasteiger partial charge in [0.1, 0.15) is 0 Å². The van der Waals surface area contributed by atoms with Crippen LogP contribution in [0.4, 0.5) is 10.5 Å². The molecule has 0 aliphatic carbocycles. The van der Waals surface area contributed by atoms with Gasteiger partial charge in [-0.25, -0.2) is 9.48 Å². The Morgan fingerprint density at radius 1 is 1.11 bits per heavy atom. The van der Waals surface area contributed by atoms with E-state index >= 15 is 0 Å². The molecule has 1 fully saturated rings. The van der Waals surface area contributed by atoms with Crippen molar-refractivity contribution < 1.29 is 19.1 Å². The SMILES string of the molecule is C[C@@H]1CN(C(=O)c2ccc(-n3cccn3)cc2Cl)c2ccccc2CN1C(=O)NCC(=O)N1CCOCC1. The van der Waals surface area contributed by atoms with E-state index in [2.05, 4.69) is 10.4 Å². The number of rotatable bonds is 4. The summed E-state index contributed by atoms with van der Waals surface area (Å²) in [4.78, 5) is 44.5. The number of anilines is 1. The van der Waals surface area contributed by atoms with E-state index < -0.39 is 0 Å². The van der Waals surface area contributed by atoms with Crippen LogP contribution in [0, 0.1) is 0 Å². The summed E-state index contributed by atoms with van der Waals surface area (Å²) in [5.41, 5.74) is 2.65. The molecule has 198 valence electrons. The number of hydrogen-bond donors (Lipinski definition) is 1. The van der Waals surface area contributed by atoms with Gasteiger partial charge in [0.15, 0.2) is 0 Å². The van der Waals surface area contributed by atoms with Crippen molar-refractivity contribution in [3.05, 3.63) is 77.1 Å². The molecule has 0 radical (unpaired) electrons. The lowest BCUT2D eigenvalue weighted by Gasteiger charge is -2.30. The second kappa shape index (κ2) is 11.2. The number of nitrogens with zero attached hydrogens (tertiary/aromatic N) is 5. The normalized spacial score (nSPS) is 17.5. The summed E-state index contributed by atoms with van der Waals surface area (Å²) in [6, 6.07) is 13.8. The molecule has 1 aromatic heterocycles. The summed E-state index contributed by atoms with van der Waals surface area (Å²) in [7, 11) is 0. The predicted octanol–water partition coefficient (Wildman–Crippen LogP) is 2.95. The molecular weight excluding hydrogens is 508 g/mol. The van der Waals surface area contributed by atoms with Gasteiger partial charge >= 0.3 is 6.03 Å². The van der Waals surface area contributed by atoms with E-state index in [0.29, 0.717) is 43.4 Å². The lowest BCUT2D eigenvalue weighted by molar-refractivity contribution is -0.134. The van der Waals surface area contributed by atoms with Gasteiger partial charge in [0, 0.05) is 50.3 Å². The molecule has 1 atom stereocenters. The number of para-hydroxylation sites is 1. The second-order valence-electron chi connectivity index (χ2n) is 9.29. The summed E-state index contributed by atoms with van der Waals surface area (Å²) in [6.45, 7) is 4.39. The number of morpholine rings is 1. The minimum Gasteiger partial charge on any atom is -0.378 e. The average molecular weight is 537 g/mol. The third-order valence-electron chi connectivity index (χ3n) is 6.81. The van der Waals surface area contributed by atoms with E-state index in [1.807, 2.05) is 37.3 Å². The molecule has 0 saturated carbocycles. The summed E-state index contributed by atoms with van der Waals surface area (Å²) >= 11 is 6.57. The number of hydrogen-bond acceptors (Lipinski definition) is 5. The Hall–Kier alpha value is -3.89. The third kappa shape index (κ3) is 5.36. The number of benzene rings is 2. The molecule has 38 heavy (non-hydrogen) atoms. The lowest BCUT2D eigenvalue weighted by atomic mass is 10.1. The first-order valence-electron chi connectivity index (χ1n) is 12.5. The zero-order valence-electron chi connectivity index (χ0n) is 21.0. The van der Waals surface area contributed by atoms with Crippen LogP contribution in [0.3, 0.4) is 0 Å². The van der Waals surface area contributed by atoms with Gasteiger partial charge in [-0.2, -0.15) is 5.10 Å². The maximum absolute atomic E-state index is 13.8. The van der Waals surface area contributed by atoms with Gasteiger partial charge in [-0.3, -0.25) is 9.59 Å². The second-order valence-corrected chi connectivity index (χ2v) is 9.70. The molecule has 2 aliphatic rings. The average Bonchev–Trinajstić information content (AvgIpc) is 3.44. The molecular formula is C27H29ClN6O4. The van der Waals surface area contributed by atoms with Crippen molar-refractivity contribution in [1.82, 2.24) is 24.9 Å². The number of halogens is 1. The first-order chi connectivity index (χ1) is 18.4. The minimum absolute atomic E-state index is 0.0927. The Balaban J connectivity index is 1.34. The molecule has 11 heteroatoms. The van der Waals surface area contributed by atoms with Crippen LogP contribution in [-0.2, 0) is 16.1 Å². The Bertz CT molecular complexity index is 1320. The first-order valence-corrected chi connectivity index (χ1v) is 12.9.